The molecule has 2 aliphatic rings. The second-order valence-corrected chi connectivity index (χ2v) is 5.74. The Kier molecular flexibility index (Phi) is 4.39. The molecule has 1 atom stereocenters. The second kappa shape index (κ2) is 6.45. The Morgan fingerprint density at radius 2 is 2.27 bits per heavy atom. The Morgan fingerprint density at radius 3 is 2.95 bits per heavy atom. The predicted octanol–water partition coefficient (Wildman–Crippen LogP) is -0.556. The number of aryl methyl sites for hydroxylation is 1. The number of morpholine rings is 1. The summed E-state index contributed by atoms with van der Waals surface area (Å²) in [7, 11) is 0. The van der Waals surface area contributed by atoms with Gasteiger partial charge in [-0.3, -0.25) is 19.3 Å². The molecule has 1 N–H and O–H groups in total. The van der Waals surface area contributed by atoms with E-state index in [0.29, 0.717) is 26.2 Å². The van der Waals surface area contributed by atoms with Crippen LogP contribution >= 0.6 is 0 Å². The first-order valence-corrected chi connectivity index (χ1v) is 7.53. The number of carbonyl (C=O) groups is 2. The van der Waals surface area contributed by atoms with Gasteiger partial charge in [0.1, 0.15) is 0 Å². The number of ether oxygens (including phenoxy) is 1. The smallest absolute Gasteiger partial charge is 0.324 e. The molecular weight excluding hydrogens is 286 g/mol. The van der Waals surface area contributed by atoms with E-state index < -0.39 is 0 Å². The number of carbonyl (C=O) groups excluding carboxylic acids is 2. The average Bonchev–Trinajstić information content (AvgIpc) is 3.04. The maximum atomic E-state index is 11.6. The van der Waals surface area contributed by atoms with Crippen molar-refractivity contribution in [3.8, 4) is 0 Å². The van der Waals surface area contributed by atoms with Crippen molar-refractivity contribution in [3.05, 3.63) is 18.0 Å². The molecule has 0 aromatic carbocycles. The van der Waals surface area contributed by atoms with Crippen LogP contribution in [0.4, 0.5) is 4.79 Å². The molecule has 2 saturated heterocycles. The number of aromatic nitrogens is 2. The van der Waals surface area contributed by atoms with Crippen molar-refractivity contribution in [1.29, 1.82) is 0 Å². The van der Waals surface area contributed by atoms with Crippen molar-refractivity contribution < 1.29 is 14.3 Å². The van der Waals surface area contributed by atoms with Crippen LogP contribution in [0.25, 0.3) is 0 Å². The van der Waals surface area contributed by atoms with Crippen LogP contribution in [0.15, 0.2) is 12.4 Å². The molecule has 0 radical (unpaired) electrons. The summed E-state index contributed by atoms with van der Waals surface area (Å²) in [5.41, 5.74) is 1.13. The molecule has 1 aromatic rings. The molecule has 1 aromatic heterocycles. The van der Waals surface area contributed by atoms with Crippen LogP contribution in [-0.2, 0) is 16.1 Å². The van der Waals surface area contributed by atoms with E-state index in [4.69, 9.17) is 4.74 Å². The fourth-order valence-corrected chi connectivity index (χ4v) is 2.79. The van der Waals surface area contributed by atoms with Crippen molar-refractivity contribution in [3.63, 3.8) is 0 Å². The summed E-state index contributed by atoms with van der Waals surface area (Å²) in [5.74, 6) is -0.151. The summed E-state index contributed by atoms with van der Waals surface area (Å²) < 4.78 is 7.66. The summed E-state index contributed by atoms with van der Waals surface area (Å²) in [6, 6.07) is -0.290. The molecule has 3 heterocycles. The van der Waals surface area contributed by atoms with Gasteiger partial charge in [0.05, 0.1) is 32.0 Å². The summed E-state index contributed by atoms with van der Waals surface area (Å²) in [6.45, 7) is 6.20. The molecule has 0 bridgehead atoms. The third-order valence-corrected chi connectivity index (χ3v) is 3.95. The second-order valence-electron chi connectivity index (χ2n) is 5.74. The first kappa shape index (κ1) is 15.0. The quantitative estimate of drug-likeness (QED) is 0.738. The van der Waals surface area contributed by atoms with Crippen LogP contribution < -0.4 is 5.32 Å². The number of nitrogens with one attached hydrogen (secondary N) is 1. The van der Waals surface area contributed by atoms with E-state index in [2.05, 4.69) is 15.3 Å². The Labute approximate surface area is 129 Å². The van der Waals surface area contributed by atoms with E-state index in [9.17, 15) is 9.59 Å². The molecule has 0 aliphatic carbocycles. The Balaban J connectivity index is 1.48. The van der Waals surface area contributed by atoms with Gasteiger partial charge in [-0.2, -0.15) is 5.10 Å². The van der Waals surface area contributed by atoms with Gasteiger partial charge >= 0.3 is 6.03 Å². The lowest BCUT2D eigenvalue weighted by Crippen LogP contribution is -2.47. The Morgan fingerprint density at radius 1 is 1.41 bits per heavy atom. The maximum absolute atomic E-state index is 11.6. The number of hydrogen-bond acceptors (Lipinski definition) is 5. The van der Waals surface area contributed by atoms with Crippen molar-refractivity contribution in [2.24, 2.45) is 0 Å². The molecule has 2 aliphatic heterocycles. The lowest BCUT2D eigenvalue weighted by molar-refractivity contribution is -0.125. The Hall–Kier alpha value is -1.93. The predicted molar refractivity (Wildman–Crippen MR) is 78.3 cm³/mol. The number of urea groups is 1. The van der Waals surface area contributed by atoms with Crippen LogP contribution in [0, 0.1) is 6.92 Å². The van der Waals surface area contributed by atoms with E-state index in [0.717, 1.165) is 18.7 Å². The molecule has 2 fully saturated rings. The van der Waals surface area contributed by atoms with Crippen LogP contribution in [-0.4, -0.2) is 77.0 Å². The topological polar surface area (TPSA) is 79.7 Å². The molecule has 3 amide bonds. The van der Waals surface area contributed by atoms with Gasteiger partial charge in [0, 0.05) is 32.4 Å². The van der Waals surface area contributed by atoms with E-state index in [-0.39, 0.29) is 24.6 Å². The molecule has 22 heavy (non-hydrogen) atoms. The van der Waals surface area contributed by atoms with Crippen LogP contribution in [0.5, 0.6) is 0 Å². The minimum Gasteiger partial charge on any atom is -0.374 e. The van der Waals surface area contributed by atoms with E-state index in [1.54, 1.807) is 0 Å². The normalized spacial score (nSPS) is 23.1. The molecule has 8 heteroatoms. The van der Waals surface area contributed by atoms with Crippen molar-refractivity contribution in [2.75, 3.05) is 39.3 Å². The van der Waals surface area contributed by atoms with Gasteiger partial charge in [0.15, 0.2) is 0 Å². The van der Waals surface area contributed by atoms with Crippen LogP contribution in [0.3, 0.4) is 0 Å². The fraction of sp³-hybridized carbons (Fsp3) is 0.643. The minimum atomic E-state index is -0.290. The third kappa shape index (κ3) is 3.45. The average molecular weight is 307 g/mol. The number of rotatable bonds is 5. The van der Waals surface area contributed by atoms with E-state index >= 15 is 0 Å². The number of nitrogens with zero attached hydrogens (tertiary/aromatic N) is 4. The zero-order chi connectivity index (χ0) is 15.5. The summed E-state index contributed by atoms with van der Waals surface area (Å²) in [4.78, 5) is 26.6. The standard InChI is InChI=1S/C14H21N5O3/c1-11-6-16-18(8-11)10-12-9-17(4-5-22-12)2-3-19-13(20)7-15-14(19)21/h6,8,12H,2-5,7,9-10H2,1H3,(H,15,21)/t12-/m0/s1. The van der Waals surface area contributed by atoms with Crippen LogP contribution in [0.1, 0.15) is 5.56 Å². The van der Waals surface area contributed by atoms with E-state index in [1.807, 2.05) is 24.0 Å². The van der Waals surface area contributed by atoms with Gasteiger partial charge in [-0.05, 0) is 12.5 Å². The molecule has 3 rings (SSSR count). The largest absolute Gasteiger partial charge is 0.374 e. The van der Waals surface area contributed by atoms with Gasteiger partial charge in [-0.15, -0.1) is 0 Å². The van der Waals surface area contributed by atoms with Gasteiger partial charge in [-0.1, -0.05) is 0 Å². The summed E-state index contributed by atoms with van der Waals surface area (Å²) >= 11 is 0. The van der Waals surface area contributed by atoms with Crippen molar-refractivity contribution >= 4 is 11.9 Å². The molecule has 0 spiro atoms. The highest BCUT2D eigenvalue weighted by Crippen LogP contribution is 2.09. The third-order valence-electron chi connectivity index (χ3n) is 3.95. The fourth-order valence-electron chi connectivity index (χ4n) is 2.79. The highest BCUT2D eigenvalue weighted by Gasteiger charge is 2.29. The lowest BCUT2D eigenvalue weighted by atomic mass is 10.2. The van der Waals surface area contributed by atoms with Gasteiger partial charge < -0.3 is 10.1 Å². The van der Waals surface area contributed by atoms with E-state index in [1.165, 1.54) is 4.90 Å². The molecule has 0 saturated carbocycles. The first-order chi connectivity index (χ1) is 10.6. The highest BCUT2D eigenvalue weighted by molar-refractivity contribution is 6.01. The minimum absolute atomic E-state index is 0.0798. The van der Waals surface area contributed by atoms with Crippen molar-refractivity contribution in [1.82, 2.24) is 24.9 Å². The zero-order valence-electron chi connectivity index (χ0n) is 12.7. The van der Waals surface area contributed by atoms with Gasteiger partial charge in [0.2, 0.25) is 5.91 Å². The SMILES string of the molecule is Cc1cnn(C[C@@H]2CN(CCN3C(=O)CNC3=O)CCO2)c1. The molecular formula is C14H21N5O3. The molecule has 8 nitrogen and oxygen atoms in total. The summed E-state index contributed by atoms with van der Waals surface area (Å²) in [6.07, 6.45) is 3.91. The highest BCUT2D eigenvalue weighted by atomic mass is 16.5. The maximum Gasteiger partial charge on any atom is 0.324 e. The number of amides is 3. The van der Waals surface area contributed by atoms with Gasteiger partial charge in [-0.25, -0.2) is 4.79 Å². The molecule has 0 unspecified atom stereocenters. The van der Waals surface area contributed by atoms with Gasteiger partial charge in [0.25, 0.3) is 0 Å². The number of hydrogen-bond donors (Lipinski definition) is 1. The summed E-state index contributed by atoms with van der Waals surface area (Å²) in [5, 5.41) is 6.81. The molecule has 120 valence electrons. The van der Waals surface area contributed by atoms with Crippen LogP contribution in [0.2, 0.25) is 0 Å². The lowest BCUT2D eigenvalue weighted by Gasteiger charge is -2.33. The Bertz CT molecular complexity index is 542. The monoisotopic (exact) mass is 307 g/mol. The number of imide groups is 1. The zero-order valence-corrected chi connectivity index (χ0v) is 12.7. The first-order valence-electron chi connectivity index (χ1n) is 7.53. The van der Waals surface area contributed by atoms with Crippen molar-refractivity contribution in [2.45, 2.75) is 19.6 Å².